The van der Waals surface area contributed by atoms with E-state index in [1.807, 2.05) is 36.4 Å². The molecule has 0 aliphatic rings. The Kier molecular flexibility index (Phi) is 5.24. The normalized spacial score (nSPS) is 12.3. The van der Waals surface area contributed by atoms with Crippen molar-refractivity contribution in [1.29, 1.82) is 0 Å². The number of rotatable bonds is 6. The van der Waals surface area contributed by atoms with Gasteiger partial charge in [0.25, 0.3) is 5.56 Å². The van der Waals surface area contributed by atoms with Crippen LogP contribution in [0.3, 0.4) is 0 Å². The monoisotopic (exact) mass is 275 g/mol. The van der Waals surface area contributed by atoms with Crippen LogP contribution >= 0.6 is 12.6 Å². The van der Waals surface area contributed by atoms with Crippen LogP contribution in [-0.4, -0.2) is 16.9 Å². The first-order valence-corrected chi connectivity index (χ1v) is 6.84. The molecule has 0 bridgehead atoms. The van der Waals surface area contributed by atoms with E-state index in [9.17, 15) is 4.79 Å². The maximum absolute atomic E-state index is 11.7. The molecule has 4 heteroatoms. The van der Waals surface area contributed by atoms with Gasteiger partial charge in [0.15, 0.2) is 0 Å². The van der Waals surface area contributed by atoms with Crippen molar-refractivity contribution in [1.82, 2.24) is 4.57 Å². The summed E-state index contributed by atoms with van der Waals surface area (Å²) in [6, 6.07) is 15.1. The minimum atomic E-state index is -0.0410. The molecule has 1 atom stereocenters. The number of aromatic nitrogens is 1. The van der Waals surface area contributed by atoms with Gasteiger partial charge < -0.3 is 9.30 Å². The first-order chi connectivity index (χ1) is 9.31. The van der Waals surface area contributed by atoms with Crippen LogP contribution in [0.15, 0.2) is 59.5 Å². The van der Waals surface area contributed by atoms with Crippen molar-refractivity contribution in [2.75, 3.05) is 12.4 Å². The molecule has 100 valence electrons. The number of ether oxygens (including phenoxy) is 1. The highest BCUT2D eigenvalue weighted by molar-refractivity contribution is 7.80. The van der Waals surface area contributed by atoms with E-state index in [4.69, 9.17) is 4.74 Å². The van der Waals surface area contributed by atoms with Gasteiger partial charge in [0.2, 0.25) is 0 Å². The topological polar surface area (TPSA) is 31.2 Å². The Morgan fingerprint density at radius 1 is 1.11 bits per heavy atom. The number of hydrogen-bond donors (Lipinski definition) is 1. The van der Waals surface area contributed by atoms with Crippen LogP contribution < -0.4 is 5.56 Å². The van der Waals surface area contributed by atoms with Crippen LogP contribution in [0, 0.1) is 0 Å². The molecule has 3 nitrogen and oxygen atoms in total. The summed E-state index contributed by atoms with van der Waals surface area (Å²) in [4.78, 5) is 11.7. The van der Waals surface area contributed by atoms with E-state index in [1.165, 1.54) is 0 Å². The fourth-order valence-electron chi connectivity index (χ4n) is 1.85. The number of hydrogen-bond acceptors (Lipinski definition) is 3. The smallest absolute Gasteiger partial charge is 0.250 e. The summed E-state index contributed by atoms with van der Waals surface area (Å²) in [5.74, 6) is 0.568. The van der Waals surface area contributed by atoms with Crippen molar-refractivity contribution in [2.45, 2.75) is 12.6 Å². The lowest BCUT2D eigenvalue weighted by atomic mass is 10.2. The molecule has 0 aliphatic carbocycles. The Bertz CT molecular complexity index is 553. The highest BCUT2D eigenvalue weighted by Crippen LogP contribution is 2.08. The van der Waals surface area contributed by atoms with E-state index in [0.29, 0.717) is 19.0 Å². The lowest BCUT2D eigenvalue weighted by Gasteiger charge is -2.17. The second-order valence-electron chi connectivity index (χ2n) is 4.28. The Labute approximate surface area is 118 Å². The molecule has 0 aliphatic heterocycles. The van der Waals surface area contributed by atoms with Gasteiger partial charge in [-0.2, -0.15) is 12.6 Å². The van der Waals surface area contributed by atoms with Gasteiger partial charge in [0.1, 0.15) is 0 Å². The second-order valence-corrected chi connectivity index (χ2v) is 4.65. The largest absolute Gasteiger partial charge is 0.375 e. The Morgan fingerprint density at radius 3 is 2.53 bits per heavy atom. The lowest BCUT2D eigenvalue weighted by molar-refractivity contribution is 0.0952. The molecule has 0 saturated carbocycles. The van der Waals surface area contributed by atoms with Crippen molar-refractivity contribution in [3.8, 4) is 0 Å². The van der Waals surface area contributed by atoms with Crippen LogP contribution in [-0.2, 0) is 11.3 Å². The van der Waals surface area contributed by atoms with Gasteiger partial charge in [-0.25, -0.2) is 0 Å². The molecule has 0 spiro atoms. The Morgan fingerprint density at radius 2 is 1.84 bits per heavy atom. The minimum absolute atomic E-state index is 0.0233. The van der Waals surface area contributed by atoms with Gasteiger partial charge >= 0.3 is 0 Å². The van der Waals surface area contributed by atoms with Crippen LogP contribution in [0.25, 0.3) is 0 Å². The third-order valence-electron chi connectivity index (χ3n) is 2.88. The van der Waals surface area contributed by atoms with Crippen LogP contribution in [0.2, 0.25) is 0 Å². The number of thiol groups is 1. The zero-order valence-electron chi connectivity index (χ0n) is 10.6. The summed E-state index contributed by atoms with van der Waals surface area (Å²) in [7, 11) is 0. The van der Waals surface area contributed by atoms with Crippen molar-refractivity contribution in [2.24, 2.45) is 0 Å². The molecular weight excluding hydrogens is 258 g/mol. The third kappa shape index (κ3) is 3.98. The average molecular weight is 275 g/mol. The SMILES string of the molecule is O=c1ccccn1C(CS)COCc1ccccc1. The lowest BCUT2D eigenvalue weighted by Crippen LogP contribution is -2.27. The maximum atomic E-state index is 11.7. The Balaban J connectivity index is 1.94. The molecule has 1 unspecified atom stereocenters. The number of pyridine rings is 1. The molecule has 0 N–H and O–H groups in total. The highest BCUT2D eigenvalue weighted by atomic mass is 32.1. The molecule has 19 heavy (non-hydrogen) atoms. The molecule has 1 heterocycles. The molecule has 2 aromatic rings. The first kappa shape index (κ1) is 13.9. The fraction of sp³-hybridized carbons (Fsp3) is 0.267. The van der Waals surface area contributed by atoms with Crippen LogP contribution in [0.1, 0.15) is 11.6 Å². The van der Waals surface area contributed by atoms with E-state index in [0.717, 1.165) is 5.56 Å². The predicted molar refractivity (Wildman–Crippen MR) is 79.7 cm³/mol. The summed E-state index contributed by atoms with van der Waals surface area (Å²) >= 11 is 4.29. The second kappa shape index (κ2) is 7.16. The molecule has 0 fully saturated rings. The first-order valence-electron chi connectivity index (χ1n) is 6.21. The minimum Gasteiger partial charge on any atom is -0.375 e. The van der Waals surface area contributed by atoms with Gasteiger partial charge in [0, 0.05) is 18.0 Å². The molecule has 2 rings (SSSR count). The zero-order chi connectivity index (χ0) is 13.5. The Hall–Kier alpha value is -1.52. The van der Waals surface area contributed by atoms with Gasteiger partial charge in [-0.15, -0.1) is 0 Å². The van der Waals surface area contributed by atoms with Gasteiger partial charge in [0.05, 0.1) is 19.3 Å². The quantitative estimate of drug-likeness (QED) is 0.821. The predicted octanol–water partition coefficient (Wildman–Crippen LogP) is 2.54. The summed E-state index contributed by atoms with van der Waals surface area (Å²) in [6.07, 6.45) is 1.77. The molecule has 1 aromatic carbocycles. The summed E-state index contributed by atoms with van der Waals surface area (Å²) in [5.41, 5.74) is 1.10. The maximum Gasteiger partial charge on any atom is 0.250 e. The third-order valence-corrected chi connectivity index (χ3v) is 3.30. The van der Waals surface area contributed by atoms with Gasteiger partial charge in [-0.05, 0) is 11.6 Å². The van der Waals surface area contributed by atoms with Gasteiger partial charge in [-0.1, -0.05) is 36.4 Å². The molecule has 0 saturated heterocycles. The van der Waals surface area contributed by atoms with Crippen molar-refractivity contribution in [3.05, 3.63) is 70.6 Å². The molecule has 1 aromatic heterocycles. The molecule has 0 amide bonds. The number of benzene rings is 1. The van der Waals surface area contributed by atoms with Gasteiger partial charge in [-0.3, -0.25) is 4.79 Å². The summed E-state index contributed by atoms with van der Waals surface area (Å²) < 4.78 is 7.34. The van der Waals surface area contributed by atoms with E-state index in [1.54, 1.807) is 22.9 Å². The van der Waals surface area contributed by atoms with Crippen LogP contribution in [0.4, 0.5) is 0 Å². The van der Waals surface area contributed by atoms with E-state index < -0.39 is 0 Å². The van der Waals surface area contributed by atoms with E-state index >= 15 is 0 Å². The number of nitrogens with zero attached hydrogens (tertiary/aromatic N) is 1. The summed E-state index contributed by atoms with van der Waals surface area (Å²) in [6.45, 7) is 1.02. The zero-order valence-corrected chi connectivity index (χ0v) is 11.5. The van der Waals surface area contributed by atoms with Crippen LogP contribution in [0.5, 0.6) is 0 Å². The highest BCUT2D eigenvalue weighted by Gasteiger charge is 2.10. The molecular formula is C15H17NO2S. The van der Waals surface area contributed by atoms with E-state index in [-0.39, 0.29) is 11.6 Å². The van der Waals surface area contributed by atoms with Crippen molar-refractivity contribution in [3.63, 3.8) is 0 Å². The molecule has 0 radical (unpaired) electrons. The van der Waals surface area contributed by atoms with E-state index in [2.05, 4.69) is 12.6 Å². The summed E-state index contributed by atoms with van der Waals surface area (Å²) in [5, 5.41) is 0. The fourth-order valence-corrected chi connectivity index (χ4v) is 2.13. The average Bonchev–Trinajstić information content (AvgIpc) is 2.46. The van der Waals surface area contributed by atoms with Crippen molar-refractivity contribution < 1.29 is 4.74 Å². The van der Waals surface area contributed by atoms with Crippen molar-refractivity contribution >= 4 is 12.6 Å². The standard InChI is InChI=1S/C15H17NO2S/c17-15-8-4-5-9-16(15)14(12-19)11-18-10-13-6-2-1-3-7-13/h1-9,14,19H,10-12H2.